The highest BCUT2D eigenvalue weighted by Crippen LogP contribution is 2.18. The van der Waals surface area contributed by atoms with Gasteiger partial charge in [0.1, 0.15) is 5.75 Å². The molecule has 1 atom stereocenters. The highest BCUT2D eigenvalue weighted by Gasteiger charge is 2.16. The van der Waals surface area contributed by atoms with E-state index in [1.54, 1.807) is 24.3 Å². The minimum atomic E-state index is -0.173. The van der Waals surface area contributed by atoms with Crippen molar-refractivity contribution in [3.8, 4) is 5.75 Å². The van der Waals surface area contributed by atoms with Crippen molar-refractivity contribution in [2.75, 3.05) is 36.9 Å². The van der Waals surface area contributed by atoms with Crippen molar-refractivity contribution in [1.82, 2.24) is 5.32 Å². The maximum absolute atomic E-state index is 12.3. The fraction of sp³-hybridized carbons (Fsp3) is 0.417. The van der Waals surface area contributed by atoms with Crippen molar-refractivity contribution in [2.45, 2.75) is 38.7 Å². The topological polar surface area (TPSA) is 88.7 Å². The number of anilines is 2. The number of amides is 2. The molecule has 1 unspecified atom stereocenters. The van der Waals surface area contributed by atoms with Gasteiger partial charge in [0.25, 0.3) is 5.91 Å². The van der Waals surface area contributed by atoms with Gasteiger partial charge in [-0.25, -0.2) is 0 Å². The number of rotatable bonds is 11. The standard InChI is InChI=1S/C24H31N3O4/c1-2-3-13-30-21-7-4-6-20(15-21)25-17-23(28)27-19-11-9-18(10-12-19)24(29)26-16-22-8-5-14-31-22/h4,6-7,9-12,15,22,25H,2-3,5,8,13-14,16-17H2,1H3,(H,26,29)(H,27,28). The first kappa shape index (κ1) is 22.6. The van der Waals surface area contributed by atoms with Crippen LogP contribution in [0.4, 0.5) is 11.4 Å². The Morgan fingerprint density at radius 1 is 1.13 bits per heavy atom. The fourth-order valence-corrected chi connectivity index (χ4v) is 3.24. The van der Waals surface area contributed by atoms with Gasteiger partial charge in [0, 0.05) is 36.2 Å². The first-order valence-corrected chi connectivity index (χ1v) is 10.9. The van der Waals surface area contributed by atoms with Gasteiger partial charge in [-0.15, -0.1) is 0 Å². The van der Waals surface area contributed by atoms with E-state index in [4.69, 9.17) is 9.47 Å². The minimum Gasteiger partial charge on any atom is -0.494 e. The van der Waals surface area contributed by atoms with Crippen molar-refractivity contribution in [3.05, 3.63) is 54.1 Å². The van der Waals surface area contributed by atoms with E-state index in [9.17, 15) is 9.59 Å². The third kappa shape index (κ3) is 7.61. The fourth-order valence-electron chi connectivity index (χ4n) is 3.24. The molecule has 7 heteroatoms. The Bertz CT molecular complexity index is 848. The van der Waals surface area contributed by atoms with Crippen molar-refractivity contribution in [2.24, 2.45) is 0 Å². The Hall–Kier alpha value is -3.06. The summed E-state index contributed by atoms with van der Waals surface area (Å²) < 4.78 is 11.2. The molecule has 3 rings (SSSR count). The molecule has 0 saturated carbocycles. The van der Waals surface area contributed by atoms with E-state index < -0.39 is 0 Å². The number of carbonyl (C=O) groups excluding carboxylic acids is 2. The molecular formula is C24H31N3O4. The van der Waals surface area contributed by atoms with E-state index in [1.165, 1.54) is 0 Å². The average molecular weight is 426 g/mol. The van der Waals surface area contributed by atoms with Crippen LogP contribution in [0, 0.1) is 0 Å². The summed E-state index contributed by atoms with van der Waals surface area (Å²) in [4.78, 5) is 24.5. The number of carbonyl (C=O) groups is 2. The Kier molecular flexibility index (Phi) is 8.72. The van der Waals surface area contributed by atoms with Crippen LogP contribution in [0.15, 0.2) is 48.5 Å². The lowest BCUT2D eigenvalue weighted by Crippen LogP contribution is -2.31. The zero-order valence-electron chi connectivity index (χ0n) is 18.0. The molecule has 2 amide bonds. The molecule has 1 aliphatic heterocycles. The van der Waals surface area contributed by atoms with E-state index >= 15 is 0 Å². The molecule has 1 fully saturated rings. The summed E-state index contributed by atoms with van der Waals surface area (Å²) in [7, 11) is 0. The molecule has 1 aliphatic rings. The molecule has 2 aromatic carbocycles. The normalized spacial score (nSPS) is 15.3. The monoisotopic (exact) mass is 425 g/mol. The van der Waals surface area contributed by atoms with Gasteiger partial charge in [0.2, 0.25) is 5.91 Å². The van der Waals surface area contributed by atoms with Gasteiger partial charge in [0.15, 0.2) is 0 Å². The Morgan fingerprint density at radius 2 is 1.97 bits per heavy atom. The van der Waals surface area contributed by atoms with Crippen LogP contribution in [0.5, 0.6) is 5.75 Å². The van der Waals surface area contributed by atoms with Gasteiger partial charge in [-0.1, -0.05) is 19.4 Å². The van der Waals surface area contributed by atoms with Crippen LogP contribution in [0.1, 0.15) is 43.0 Å². The number of hydrogen-bond donors (Lipinski definition) is 3. The molecule has 0 radical (unpaired) electrons. The molecule has 1 saturated heterocycles. The number of hydrogen-bond acceptors (Lipinski definition) is 5. The van der Waals surface area contributed by atoms with E-state index in [-0.39, 0.29) is 24.5 Å². The first-order chi connectivity index (χ1) is 15.1. The summed E-state index contributed by atoms with van der Waals surface area (Å²) in [5.74, 6) is 0.469. The molecule has 1 heterocycles. The van der Waals surface area contributed by atoms with Crippen LogP contribution < -0.4 is 20.7 Å². The third-order valence-electron chi connectivity index (χ3n) is 5.00. The molecule has 0 aliphatic carbocycles. The highest BCUT2D eigenvalue weighted by atomic mass is 16.5. The van der Waals surface area contributed by atoms with E-state index in [1.807, 2.05) is 24.3 Å². The number of benzene rings is 2. The first-order valence-electron chi connectivity index (χ1n) is 10.9. The molecule has 31 heavy (non-hydrogen) atoms. The molecule has 7 nitrogen and oxygen atoms in total. The summed E-state index contributed by atoms with van der Waals surface area (Å²) in [6.07, 6.45) is 4.23. The van der Waals surface area contributed by atoms with Crippen molar-refractivity contribution >= 4 is 23.2 Å². The van der Waals surface area contributed by atoms with Gasteiger partial charge < -0.3 is 25.4 Å². The predicted molar refractivity (Wildman–Crippen MR) is 122 cm³/mol. The van der Waals surface area contributed by atoms with Crippen LogP contribution in [0.2, 0.25) is 0 Å². The van der Waals surface area contributed by atoms with Crippen molar-refractivity contribution < 1.29 is 19.1 Å². The summed E-state index contributed by atoms with van der Waals surface area (Å²) in [5, 5.41) is 8.82. The van der Waals surface area contributed by atoms with Gasteiger partial charge in [-0.05, 0) is 55.7 Å². The van der Waals surface area contributed by atoms with Crippen molar-refractivity contribution in [3.63, 3.8) is 0 Å². The maximum Gasteiger partial charge on any atom is 0.251 e. The quantitative estimate of drug-likeness (QED) is 0.476. The SMILES string of the molecule is CCCCOc1cccc(NCC(=O)Nc2ccc(C(=O)NCC3CCCO3)cc2)c1. The predicted octanol–water partition coefficient (Wildman–Crippen LogP) is 3.82. The van der Waals surface area contributed by atoms with Crippen LogP contribution in [0.25, 0.3) is 0 Å². The summed E-state index contributed by atoms with van der Waals surface area (Å²) in [6, 6.07) is 14.4. The second-order valence-electron chi connectivity index (χ2n) is 7.55. The lowest BCUT2D eigenvalue weighted by Gasteiger charge is -2.12. The molecule has 2 aromatic rings. The smallest absolute Gasteiger partial charge is 0.251 e. The van der Waals surface area contributed by atoms with Gasteiger partial charge in [0.05, 0.1) is 19.3 Å². The van der Waals surface area contributed by atoms with Crippen LogP contribution in [-0.4, -0.2) is 44.2 Å². The van der Waals surface area contributed by atoms with Gasteiger partial charge in [-0.3, -0.25) is 9.59 Å². The molecule has 166 valence electrons. The van der Waals surface area contributed by atoms with E-state index in [0.29, 0.717) is 24.4 Å². The second kappa shape index (κ2) is 12.0. The molecule has 0 bridgehead atoms. The molecule has 0 aromatic heterocycles. The summed E-state index contributed by atoms with van der Waals surface area (Å²) in [5.41, 5.74) is 2.01. The van der Waals surface area contributed by atoms with Gasteiger partial charge in [-0.2, -0.15) is 0 Å². The maximum atomic E-state index is 12.3. The Labute approximate surface area is 183 Å². The lowest BCUT2D eigenvalue weighted by atomic mass is 10.2. The molecule has 3 N–H and O–H groups in total. The molecular weight excluding hydrogens is 394 g/mol. The minimum absolute atomic E-state index is 0.110. The highest BCUT2D eigenvalue weighted by molar-refractivity contribution is 5.96. The van der Waals surface area contributed by atoms with Crippen LogP contribution in [0.3, 0.4) is 0 Å². The number of ether oxygens (including phenoxy) is 2. The molecule has 0 spiro atoms. The van der Waals surface area contributed by atoms with Crippen molar-refractivity contribution in [1.29, 1.82) is 0 Å². The number of nitrogens with one attached hydrogen (secondary N) is 3. The zero-order chi connectivity index (χ0) is 21.9. The van der Waals surface area contributed by atoms with E-state index in [2.05, 4.69) is 22.9 Å². The summed E-state index contributed by atoms with van der Waals surface area (Å²) in [6.45, 7) is 4.22. The van der Waals surface area contributed by atoms with E-state index in [0.717, 1.165) is 43.7 Å². The Morgan fingerprint density at radius 3 is 2.71 bits per heavy atom. The Balaban J connectivity index is 1.42. The second-order valence-corrected chi connectivity index (χ2v) is 7.55. The zero-order valence-corrected chi connectivity index (χ0v) is 18.0. The number of unbranched alkanes of at least 4 members (excludes halogenated alkanes) is 1. The van der Waals surface area contributed by atoms with Crippen LogP contribution >= 0.6 is 0 Å². The largest absolute Gasteiger partial charge is 0.494 e. The average Bonchev–Trinajstić information content (AvgIpc) is 3.31. The third-order valence-corrected chi connectivity index (χ3v) is 5.00. The lowest BCUT2D eigenvalue weighted by molar-refractivity contribution is -0.114. The van der Waals surface area contributed by atoms with Gasteiger partial charge >= 0.3 is 0 Å². The van der Waals surface area contributed by atoms with Crippen LogP contribution in [-0.2, 0) is 9.53 Å². The summed E-state index contributed by atoms with van der Waals surface area (Å²) >= 11 is 0.